The number of nitrogens with zero attached hydrogens (tertiary/aromatic N) is 14. The Morgan fingerprint density at radius 2 is 1.47 bits per heavy atom. The second-order valence-electron chi connectivity index (χ2n) is 34.1. The van der Waals surface area contributed by atoms with Gasteiger partial charge >= 0.3 is 5.97 Å². The number of phenols is 1. The number of methoxy groups -OCH3 is 2. The molecule has 37 nitrogen and oxygen atoms in total. The summed E-state index contributed by atoms with van der Waals surface area (Å²) < 4.78 is 45.0. The Labute approximate surface area is 738 Å². The third-order valence-corrected chi connectivity index (χ3v) is 24.8. The molecule has 1 aliphatic carbocycles. The number of nitrogens with one attached hydrogen (secondary N) is 3. The molecular weight excluding hydrogens is 1640 g/mol. The first-order valence-electron chi connectivity index (χ1n) is 44.2. The molecule has 37 heteroatoms. The van der Waals surface area contributed by atoms with Crippen LogP contribution in [-0.2, 0) is 68.5 Å². The summed E-state index contributed by atoms with van der Waals surface area (Å²) in [5.74, 6) is -8.11. The summed E-state index contributed by atoms with van der Waals surface area (Å²) in [5.41, 5.74) is 18.7. The number of aromatic amines is 1. The monoisotopic (exact) mass is 1760 g/mol. The molecule has 5 aliphatic rings. The molecule has 3 saturated heterocycles. The van der Waals surface area contributed by atoms with Gasteiger partial charge in [0.05, 0.1) is 86.8 Å². The van der Waals surface area contributed by atoms with Gasteiger partial charge in [-0.3, -0.25) is 28.8 Å². The van der Waals surface area contributed by atoms with E-state index in [9.17, 15) is 54.0 Å². The van der Waals surface area contributed by atoms with Gasteiger partial charge < -0.3 is 95.4 Å². The number of carbonyl (C=O) groups excluding carboxylic acids is 7. The fourth-order valence-electron chi connectivity index (χ4n) is 17.2. The molecule has 0 radical (unpaired) electrons. The van der Waals surface area contributed by atoms with Crippen LogP contribution >= 0.6 is 0 Å². The lowest BCUT2D eigenvalue weighted by Crippen LogP contribution is -2.61. The van der Waals surface area contributed by atoms with Crippen LogP contribution in [0.2, 0.25) is 0 Å². The number of nitrogens with two attached hydrogens (primary N) is 2. The molecule has 0 spiro atoms. The summed E-state index contributed by atoms with van der Waals surface area (Å²) in [7, 11) is 3.17. The maximum Gasteiger partial charge on any atom is 0.329 e. The number of esters is 1. The lowest BCUT2D eigenvalue weighted by Gasteiger charge is -2.42. The summed E-state index contributed by atoms with van der Waals surface area (Å²) in [6.07, 6.45) is 20.1. The van der Waals surface area contributed by atoms with Crippen LogP contribution in [0.1, 0.15) is 154 Å². The number of ketones is 3. The SMILES string of the molecule is CO[C@H]1C[C@@H]2CC[C@@H](C)[C@@](O)(O2)C(=O)C(=O)N2CCCC[C@H]2C(=O)O[C@H]([C@H](N)C[C@@H]2CC[C@H](n3cc(-c4cnc(N5CCN(c6ncc(C(=O)NCCOCCOCCOCCC(=O)NCCCCn7nc(-c8cc9cc(O)ccc9[nH]8)c8c(N)ncnc87)cn6)CC5)nc4)nn3)[C@H](OC)C2)CC(=O)[C@H](C)/C=C(\C)[C@@H](O)[C@@H](O)C(=O)[C@H](C)C[C@H](C)/C=C/C=C/C=C/1C. The summed E-state index contributed by atoms with van der Waals surface area (Å²) in [4.78, 5) is 133. The summed E-state index contributed by atoms with van der Waals surface area (Å²) >= 11 is 0. The number of phenolic OH excluding ortho intramolecular Hbond substituents is 1. The average Bonchev–Trinajstić information content (AvgIpc) is 1.61. The molecule has 4 fully saturated rings. The predicted molar refractivity (Wildman–Crippen MR) is 470 cm³/mol. The van der Waals surface area contributed by atoms with Gasteiger partial charge in [0.1, 0.15) is 59.4 Å². The number of aromatic nitrogens is 12. The molecule has 4 aliphatic heterocycles. The number of aliphatic hydroxyl groups excluding tert-OH is 2. The van der Waals surface area contributed by atoms with Crippen LogP contribution in [0.4, 0.5) is 17.7 Å². The molecule has 127 heavy (non-hydrogen) atoms. The number of amides is 3. The van der Waals surface area contributed by atoms with Gasteiger partial charge in [0.25, 0.3) is 17.6 Å². The Bertz CT molecular complexity index is 5010. The third-order valence-electron chi connectivity index (χ3n) is 24.8. The van der Waals surface area contributed by atoms with Crippen LogP contribution < -0.4 is 31.9 Å². The van der Waals surface area contributed by atoms with Gasteiger partial charge in [0, 0.05) is 151 Å². The van der Waals surface area contributed by atoms with Crippen molar-refractivity contribution in [2.75, 3.05) is 115 Å². The minimum absolute atomic E-state index is 0.00642. The van der Waals surface area contributed by atoms with Gasteiger partial charge in [0.15, 0.2) is 11.4 Å². The zero-order chi connectivity index (χ0) is 90.4. The Morgan fingerprint density at radius 3 is 2.20 bits per heavy atom. The van der Waals surface area contributed by atoms with Crippen molar-refractivity contribution in [2.24, 2.45) is 35.3 Å². The van der Waals surface area contributed by atoms with Gasteiger partial charge in [-0.1, -0.05) is 69.4 Å². The van der Waals surface area contributed by atoms with E-state index >= 15 is 0 Å². The number of ether oxygens (including phenoxy) is 7. The number of hydrogen-bond donors (Lipinski definition) is 9. The predicted octanol–water partition coefficient (Wildman–Crippen LogP) is 6.61. The largest absolute Gasteiger partial charge is 0.508 e. The van der Waals surface area contributed by atoms with Gasteiger partial charge in [0.2, 0.25) is 23.6 Å². The summed E-state index contributed by atoms with van der Waals surface area (Å²) in [6, 6.07) is 4.53. The number of rotatable bonds is 28. The van der Waals surface area contributed by atoms with Gasteiger partial charge in [-0.25, -0.2) is 44.1 Å². The minimum Gasteiger partial charge on any atom is -0.508 e. The van der Waals surface area contributed by atoms with E-state index in [-0.39, 0.29) is 106 Å². The molecule has 3 amide bonds. The minimum atomic E-state index is -2.51. The van der Waals surface area contributed by atoms with Crippen molar-refractivity contribution < 1.29 is 87.1 Å². The number of aromatic hydroxyl groups is 1. The molecule has 11 N–H and O–H groups in total. The molecular formula is C90H123N19O18. The smallest absolute Gasteiger partial charge is 0.329 e. The highest BCUT2D eigenvalue weighted by Gasteiger charge is 2.53. The normalized spacial score (nSPS) is 27.2. The number of Topliss-reactive ketones (excluding diaryl/α,β-unsaturated/α-hetero) is 3. The number of hydrogen-bond acceptors (Lipinski definition) is 31. The van der Waals surface area contributed by atoms with Crippen LogP contribution in [-0.4, -0.2) is 280 Å². The van der Waals surface area contributed by atoms with E-state index in [0.29, 0.717) is 175 Å². The van der Waals surface area contributed by atoms with E-state index in [2.05, 4.69) is 50.8 Å². The Kier molecular flexibility index (Phi) is 34.0. The van der Waals surface area contributed by atoms with E-state index in [1.54, 1.807) is 74.9 Å². The van der Waals surface area contributed by atoms with Gasteiger partial charge in [-0.2, -0.15) is 5.10 Å². The number of allylic oxidation sites excluding steroid dienone is 6. The van der Waals surface area contributed by atoms with Crippen molar-refractivity contribution in [2.45, 2.75) is 205 Å². The number of unbranched alkanes of at least 4 members (excludes halogenated alkanes) is 1. The second-order valence-corrected chi connectivity index (χ2v) is 34.1. The fourth-order valence-corrected chi connectivity index (χ4v) is 17.2. The molecule has 12 rings (SSSR count). The Morgan fingerprint density at radius 1 is 0.756 bits per heavy atom. The summed E-state index contributed by atoms with van der Waals surface area (Å²) in [6.45, 7) is 15.7. The number of carbonyl (C=O) groups is 7. The lowest BCUT2D eigenvalue weighted by molar-refractivity contribution is -0.265. The van der Waals surface area contributed by atoms with Crippen LogP contribution in [0.5, 0.6) is 5.75 Å². The van der Waals surface area contributed by atoms with Crippen molar-refractivity contribution in [3.05, 3.63) is 115 Å². The number of aryl methyl sites for hydroxylation is 1. The van der Waals surface area contributed by atoms with Crippen LogP contribution in [0, 0.1) is 29.6 Å². The maximum atomic E-state index is 14.8. The highest BCUT2D eigenvalue weighted by Crippen LogP contribution is 2.40. The van der Waals surface area contributed by atoms with Crippen LogP contribution in [0.25, 0.3) is 44.6 Å². The van der Waals surface area contributed by atoms with E-state index in [1.165, 1.54) is 31.7 Å². The molecule has 1 saturated carbocycles. The number of benzene rings is 1. The first-order valence-corrected chi connectivity index (χ1v) is 44.2. The van der Waals surface area contributed by atoms with Crippen LogP contribution in [0.3, 0.4) is 0 Å². The van der Waals surface area contributed by atoms with E-state index in [0.717, 1.165) is 33.5 Å². The Hall–Kier alpha value is -10.7. The number of H-pyrrole nitrogens is 1. The number of nitrogen functional groups attached to an aromatic ring is 1. The number of piperazine rings is 1. The van der Waals surface area contributed by atoms with Crippen molar-refractivity contribution in [3.8, 4) is 28.4 Å². The molecule has 15 atom stereocenters. The topological polar surface area (TPSA) is 492 Å². The Balaban J connectivity index is 0.560. The zero-order valence-electron chi connectivity index (χ0n) is 73.7. The van der Waals surface area contributed by atoms with E-state index in [4.69, 9.17) is 59.7 Å². The van der Waals surface area contributed by atoms with Crippen molar-refractivity contribution >= 4 is 80.7 Å². The molecule has 7 aromatic rings. The quantitative estimate of drug-likeness (QED) is 0.0108. The zero-order valence-corrected chi connectivity index (χ0v) is 73.7. The summed E-state index contributed by atoms with van der Waals surface area (Å²) in [5, 5.41) is 65.9. The maximum absolute atomic E-state index is 14.8. The molecule has 2 bridgehead atoms. The molecule has 686 valence electrons. The average molecular weight is 1760 g/mol. The fraction of sp³-hybridized carbons (Fsp3) is 0.578. The van der Waals surface area contributed by atoms with Crippen molar-refractivity contribution in [1.82, 2.24) is 75.2 Å². The van der Waals surface area contributed by atoms with Gasteiger partial charge in [-0.05, 0) is 138 Å². The second kappa shape index (κ2) is 45.3. The van der Waals surface area contributed by atoms with Crippen molar-refractivity contribution in [1.29, 1.82) is 0 Å². The van der Waals surface area contributed by atoms with E-state index in [1.807, 2.05) is 61.4 Å². The third kappa shape index (κ3) is 24.8. The number of anilines is 3. The van der Waals surface area contributed by atoms with Crippen LogP contribution in [0.15, 0.2) is 109 Å². The molecule has 6 aromatic heterocycles. The number of cyclic esters (lactones) is 1. The lowest BCUT2D eigenvalue weighted by atomic mass is 9.79. The van der Waals surface area contributed by atoms with Gasteiger partial charge in [-0.15, -0.1) is 5.10 Å². The number of piperidine rings is 1. The highest BCUT2D eigenvalue weighted by atomic mass is 16.6. The van der Waals surface area contributed by atoms with E-state index < -0.39 is 95.4 Å². The van der Waals surface area contributed by atoms with Crippen molar-refractivity contribution in [3.63, 3.8) is 0 Å². The highest BCUT2D eigenvalue weighted by molar-refractivity contribution is 6.39. The molecule has 1 aromatic carbocycles. The number of aliphatic hydroxyl groups is 3. The standard InChI is InChI=1S/C90H123N19O18/c1-54-16-10-9-11-17-55(2)73(121-7)46-65-22-19-59(6)90(120,127-65)82(116)86(118)107-28-14-12-18-71(107)87(119)126-74(47-72(111)56(3)41-58(5)80(114)81(115)79(113)57(4)40-54)66(91)42-60-20-24-70(75(43-60)122-8)109-52-69(102-104-109)62-48-95-88(96-49-62)105-30-32-106(33-31-105)89-97-50-63(51-98-89)85(117)94-27-35-124-37-39-125-38-36-123-34-25-76(112)93-26-13-15-29-108-84-77(83(92)99-53-100-84)78(103-108)68-45-61-44-64(110)21-23-67(61)101-68/h9-11,16-17,21,23,41,44-45,48-54,56-57,59-60,65-66,70-71,73-75,80-81,101,110,114-115,120H,12-15,18-20,22,24-40,42-43,46-47,91H2,1-8H3,(H,93,112)(H,94,117)(H2,92,99,100)/b11-9+,16-10+,55-17+,58-41+/t54-,56-,57-,59-,60+,65+,66-,70+,71+,73+,74+,75-,80-,81+,90-/m1/s1. The first kappa shape index (κ1) is 95.4. The molecule has 10 heterocycles. The first-order chi connectivity index (χ1) is 61.2. The number of fused-ring (bicyclic) bond motifs is 5. The molecule has 0 unspecified atom stereocenters.